The van der Waals surface area contributed by atoms with Crippen molar-refractivity contribution in [2.24, 2.45) is 5.92 Å². The average molecular weight is 316 g/mol. The third-order valence-corrected chi connectivity index (χ3v) is 4.73. The van der Waals surface area contributed by atoms with Crippen molar-refractivity contribution in [3.8, 4) is 0 Å². The highest BCUT2D eigenvalue weighted by Crippen LogP contribution is 2.50. The summed E-state index contributed by atoms with van der Waals surface area (Å²) in [5.41, 5.74) is 1.99. The van der Waals surface area contributed by atoms with E-state index in [9.17, 15) is 13.2 Å². The standard InChI is InChI=1S/C18H15F3N2/c19-18(20,21)12-6-7-16-15(9-12)13-4-1-5-14(13)17(23-16)11-3-2-8-22-10-11/h1-4,6-10,13-14,17,23H,5H2/t13-,14-,17+/m1/s1. The van der Waals surface area contributed by atoms with Crippen LogP contribution in [0.25, 0.3) is 0 Å². The van der Waals surface area contributed by atoms with E-state index in [4.69, 9.17) is 0 Å². The Kier molecular flexibility index (Phi) is 3.18. The lowest BCUT2D eigenvalue weighted by molar-refractivity contribution is -0.137. The van der Waals surface area contributed by atoms with E-state index in [1.165, 1.54) is 6.07 Å². The zero-order valence-electron chi connectivity index (χ0n) is 12.2. The van der Waals surface area contributed by atoms with Crippen LogP contribution in [-0.2, 0) is 6.18 Å². The number of anilines is 1. The predicted molar refractivity (Wildman–Crippen MR) is 82.0 cm³/mol. The Bertz CT molecular complexity index is 753. The number of hydrogen-bond acceptors (Lipinski definition) is 2. The molecule has 0 spiro atoms. The van der Waals surface area contributed by atoms with E-state index < -0.39 is 11.7 Å². The molecule has 2 aliphatic rings. The highest BCUT2D eigenvalue weighted by atomic mass is 19.4. The van der Waals surface area contributed by atoms with Gasteiger partial charge in [0.1, 0.15) is 0 Å². The Labute approximate surface area is 132 Å². The number of nitrogens with zero attached hydrogens (tertiary/aromatic N) is 1. The number of rotatable bonds is 1. The Morgan fingerprint density at radius 3 is 2.78 bits per heavy atom. The summed E-state index contributed by atoms with van der Waals surface area (Å²) in [5.74, 6) is 0.230. The summed E-state index contributed by atoms with van der Waals surface area (Å²) in [6.07, 6.45) is 4.19. The largest absolute Gasteiger partial charge is 0.416 e. The van der Waals surface area contributed by atoms with E-state index >= 15 is 0 Å². The topological polar surface area (TPSA) is 24.9 Å². The number of halogens is 3. The normalized spacial score (nSPS) is 25.6. The van der Waals surface area contributed by atoms with E-state index in [-0.39, 0.29) is 17.9 Å². The van der Waals surface area contributed by atoms with Crippen molar-refractivity contribution in [2.75, 3.05) is 5.32 Å². The molecule has 0 saturated heterocycles. The first kappa shape index (κ1) is 14.3. The number of aromatic nitrogens is 1. The highest BCUT2D eigenvalue weighted by molar-refractivity contribution is 5.60. The van der Waals surface area contributed by atoms with Gasteiger partial charge in [-0.05, 0) is 47.7 Å². The Morgan fingerprint density at radius 1 is 1.17 bits per heavy atom. The van der Waals surface area contributed by atoms with Crippen molar-refractivity contribution >= 4 is 5.69 Å². The summed E-state index contributed by atoms with van der Waals surface area (Å²) in [4.78, 5) is 4.17. The molecule has 0 saturated carbocycles. The molecule has 2 nitrogen and oxygen atoms in total. The first-order valence-electron chi connectivity index (χ1n) is 7.58. The molecule has 0 bridgehead atoms. The molecule has 1 aliphatic carbocycles. The first-order valence-corrected chi connectivity index (χ1v) is 7.58. The molecule has 1 aromatic heterocycles. The van der Waals surface area contributed by atoms with Gasteiger partial charge in [-0.1, -0.05) is 18.2 Å². The van der Waals surface area contributed by atoms with Crippen LogP contribution in [0.4, 0.5) is 18.9 Å². The van der Waals surface area contributed by atoms with Gasteiger partial charge in [-0.15, -0.1) is 0 Å². The maximum atomic E-state index is 13.0. The van der Waals surface area contributed by atoms with E-state index in [2.05, 4.69) is 16.4 Å². The molecular formula is C18H15F3N2. The lowest BCUT2D eigenvalue weighted by Gasteiger charge is -2.37. The van der Waals surface area contributed by atoms with Gasteiger partial charge in [0.05, 0.1) is 11.6 Å². The summed E-state index contributed by atoms with van der Waals surface area (Å²) >= 11 is 0. The van der Waals surface area contributed by atoms with Crippen LogP contribution in [0.2, 0.25) is 0 Å². The maximum Gasteiger partial charge on any atom is 0.416 e. The monoisotopic (exact) mass is 316 g/mol. The molecule has 0 unspecified atom stereocenters. The number of benzene rings is 1. The Hall–Kier alpha value is -2.30. The second-order valence-electron chi connectivity index (χ2n) is 6.06. The molecule has 118 valence electrons. The molecule has 2 heterocycles. The van der Waals surface area contributed by atoms with Crippen molar-refractivity contribution in [2.45, 2.75) is 24.6 Å². The Balaban J connectivity index is 1.78. The van der Waals surface area contributed by atoms with Crippen LogP contribution in [-0.4, -0.2) is 4.98 Å². The fourth-order valence-corrected chi connectivity index (χ4v) is 3.66. The lowest BCUT2D eigenvalue weighted by Crippen LogP contribution is -2.29. The highest BCUT2D eigenvalue weighted by Gasteiger charge is 2.39. The molecular weight excluding hydrogens is 301 g/mol. The molecule has 2 aromatic rings. The number of allylic oxidation sites excluding steroid dienone is 2. The molecule has 0 fully saturated rings. The van der Waals surface area contributed by atoms with Crippen LogP contribution in [0.1, 0.15) is 35.1 Å². The third-order valence-electron chi connectivity index (χ3n) is 4.73. The van der Waals surface area contributed by atoms with Gasteiger partial charge >= 0.3 is 6.18 Å². The molecule has 0 radical (unpaired) electrons. The van der Waals surface area contributed by atoms with E-state index in [0.717, 1.165) is 29.3 Å². The van der Waals surface area contributed by atoms with Crippen molar-refractivity contribution in [1.29, 1.82) is 0 Å². The van der Waals surface area contributed by atoms with E-state index in [1.54, 1.807) is 12.3 Å². The zero-order valence-corrected chi connectivity index (χ0v) is 12.2. The van der Waals surface area contributed by atoms with Crippen molar-refractivity contribution in [3.05, 3.63) is 71.6 Å². The molecule has 3 atom stereocenters. The van der Waals surface area contributed by atoms with Crippen LogP contribution < -0.4 is 5.32 Å². The van der Waals surface area contributed by atoms with Crippen molar-refractivity contribution < 1.29 is 13.2 Å². The smallest absolute Gasteiger partial charge is 0.378 e. The summed E-state index contributed by atoms with van der Waals surface area (Å²) in [6.45, 7) is 0. The molecule has 5 heteroatoms. The summed E-state index contributed by atoms with van der Waals surface area (Å²) in [6, 6.07) is 7.93. The molecule has 1 aliphatic heterocycles. The zero-order chi connectivity index (χ0) is 16.0. The number of hydrogen-bond donors (Lipinski definition) is 1. The summed E-state index contributed by atoms with van der Waals surface area (Å²) in [7, 11) is 0. The average Bonchev–Trinajstić information content (AvgIpc) is 3.03. The predicted octanol–water partition coefficient (Wildman–Crippen LogP) is 4.93. The minimum atomic E-state index is -4.31. The van der Waals surface area contributed by atoms with Gasteiger partial charge in [0.25, 0.3) is 0 Å². The first-order chi connectivity index (χ1) is 11.0. The molecule has 23 heavy (non-hydrogen) atoms. The second kappa shape index (κ2) is 5.11. The number of nitrogens with one attached hydrogen (secondary N) is 1. The van der Waals surface area contributed by atoms with E-state index in [1.807, 2.05) is 24.4 Å². The minimum Gasteiger partial charge on any atom is -0.378 e. The Morgan fingerprint density at radius 2 is 2.04 bits per heavy atom. The summed E-state index contributed by atoms with van der Waals surface area (Å²) in [5, 5.41) is 3.42. The molecule has 4 rings (SSSR count). The SMILES string of the molecule is FC(F)(F)c1ccc2c(c1)[C@@H]1C=CC[C@H]1[C@H](c1cccnc1)N2. The van der Waals surface area contributed by atoms with Crippen LogP contribution in [0.5, 0.6) is 0 Å². The molecule has 0 amide bonds. The van der Waals surface area contributed by atoms with Gasteiger partial charge < -0.3 is 5.32 Å². The van der Waals surface area contributed by atoms with Crippen LogP contribution in [0.15, 0.2) is 54.9 Å². The van der Waals surface area contributed by atoms with Gasteiger partial charge in [-0.3, -0.25) is 4.98 Å². The maximum absolute atomic E-state index is 13.0. The van der Waals surface area contributed by atoms with Gasteiger partial charge in [-0.2, -0.15) is 13.2 Å². The molecule has 1 N–H and O–H groups in total. The van der Waals surface area contributed by atoms with Crippen molar-refractivity contribution in [3.63, 3.8) is 0 Å². The quantitative estimate of drug-likeness (QED) is 0.755. The lowest BCUT2D eigenvalue weighted by atomic mass is 9.77. The van der Waals surface area contributed by atoms with Gasteiger partial charge in [-0.25, -0.2) is 0 Å². The minimum absolute atomic E-state index is 0.0127. The van der Waals surface area contributed by atoms with Crippen LogP contribution in [0, 0.1) is 5.92 Å². The summed E-state index contributed by atoms with van der Waals surface area (Å²) < 4.78 is 39.0. The van der Waals surface area contributed by atoms with Gasteiger partial charge in [0.2, 0.25) is 0 Å². The number of pyridine rings is 1. The second-order valence-corrected chi connectivity index (χ2v) is 6.06. The van der Waals surface area contributed by atoms with E-state index in [0.29, 0.717) is 0 Å². The van der Waals surface area contributed by atoms with Crippen molar-refractivity contribution in [1.82, 2.24) is 4.98 Å². The third kappa shape index (κ3) is 2.40. The number of alkyl halides is 3. The van der Waals surface area contributed by atoms with Crippen LogP contribution >= 0.6 is 0 Å². The van der Waals surface area contributed by atoms with Gasteiger partial charge in [0.15, 0.2) is 0 Å². The molecule has 1 aromatic carbocycles. The van der Waals surface area contributed by atoms with Gasteiger partial charge in [0, 0.05) is 24.0 Å². The number of fused-ring (bicyclic) bond motifs is 3. The van der Waals surface area contributed by atoms with Crippen LogP contribution in [0.3, 0.4) is 0 Å². The fourth-order valence-electron chi connectivity index (χ4n) is 3.66. The fraction of sp³-hybridized carbons (Fsp3) is 0.278.